The molecule has 12 heavy (non-hydrogen) atoms. The molecule has 3 heteroatoms. The fourth-order valence-electron chi connectivity index (χ4n) is 1.22. The number of ether oxygens (including phenoxy) is 3. The summed E-state index contributed by atoms with van der Waals surface area (Å²) in [5.41, 5.74) is 0.141. The smallest absolute Gasteiger partial charge is 0.154 e. The predicted octanol–water partition coefficient (Wildman–Crippen LogP) is 1.42. The number of hydrogen-bond donors (Lipinski definition) is 0. The quantitative estimate of drug-likeness (QED) is 0.647. The fourth-order valence-corrected chi connectivity index (χ4v) is 1.22. The lowest BCUT2D eigenvalue weighted by molar-refractivity contribution is -0.219. The van der Waals surface area contributed by atoms with E-state index >= 15 is 0 Å². The van der Waals surface area contributed by atoms with E-state index in [0.717, 1.165) is 26.2 Å². The largest absolute Gasteiger partial charge is 0.385 e. The van der Waals surface area contributed by atoms with Gasteiger partial charge in [0.2, 0.25) is 0 Å². The van der Waals surface area contributed by atoms with Crippen molar-refractivity contribution < 1.29 is 14.2 Å². The zero-order valence-electron chi connectivity index (χ0n) is 8.13. The summed E-state index contributed by atoms with van der Waals surface area (Å²) in [5, 5.41) is 0. The first-order chi connectivity index (χ1) is 5.66. The van der Waals surface area contributed by atoms with Crippen LogP contribution in [0.1, 0.15) is 20.3 Å². The van der Waals surface area contributed by atoms with E-state index in [-0.39, 0.29) is 11.7 Å². The summed E-state index contributed by atoms with van der Waals surface area (Å²) in [4.78, 5) is 0. The minimum absolute atomic E-state index is 0.0411. The van der Waals surface area contributed by atoms with E-state index in [1.807, 2.05) is 6.92 Å². The lowest BCUT2D eigenvalue weighted by Gasteiger charge is -2.36. The van der Waals surface area contributed by atoms with E-state index in [4.69, 9.17) is 14.2 Å². The van der Waals surface area contributed by atoms with E-state index in [2.05, 4.69) is 6.92 Å². The van der Waals surface area contributed by atoms with Crippen molar-refractivity contribution in [3.05, 3.63) is 0 Å². The Morgan fingerprint density at radius 1 is 1.42 bits per heavy atom. The van der Waals surface area contributed by atoms with Crippen LogP contribution in [0, 0.1) is 5.41 Å². The third-order valence-corrected chi connectivity index (χ3v) is 2.24. The van der Waals surface area contributed by atoms with Gasteiger partial charge in [0.1, 0.15) is 0 Å². The van der Waals surface area contributed by atoms with Crippen LogP contribution in [0.3, 0.4) is 0 Å². The summed E-state index contributed by atoms with van der Waals surface area (Å²) in [7, 11) is 1.72. The Bertz CT molecular complexity index is 122. The molecule has 1 saturated heterocycles. The molecule has 1 aliphatic heterocycles. The summed E-state index contributed by atoms with van der Waals surface area (Å²) in [5.74, 6) is 0. The monoisotopic (exact) mass is 174 g/mol. The van der Waals surface area contributed by atoms with Gasteiger partial charge in [-0.15, -0.1) is 0 Å². The maximum Gasteiger partial charge on any atom is 0.154 e. The van der Waals surface area contributed by atoms with Crippen molar-refractivity contribution >= 4 is 0 Å². The normalized spacial score (nSPS) is 36.8. The SMILES string of the molecule is COCCC1(C)COC(C)OC1. The first-order valence-electron chi connectivity index (χ1n) is 4.38. The molecule has 0 amide bonds. The number of rotatable bonds is 3. The third-order valence-electron chi connectivity index (χ3n) is 2.24. The zero-order chi connectivity index (χ0) is 9.03. The average molecular weight is 174 g/mol. The van der Waals surface area contributed by atoms with E-state index in [1.165, 1.54) is 0 Å². The second-order valence-electron chi connectivity index (χ2n) is 3.74. The van der Waals surface area contributed by atoms with Crippen LogP contribution in [0.25, 0.3) is 0 Å². The van der Waals surface area contributed by atoms with Crippen molar-refractivity contribution in [2.75, 3.05) is 26.9 Å². The molecule has 0 unspecified atom stereocenters. The van der Waals surface area contributed by atoms with Crippen LogP contribution in [-0.4, -0.2) is 33.2 Å². The van der Waals surface area contributed by atoms with Gasteiger partial charge in [-0.2, -0.15) is 0 Å². The van der Waals surface area contributed by atoms with Gasteiger partial charge in [-0.1, -0.05) is 6.92 Å². The first kappa shape index (κ1) is 9.96. The lowest BCUT2D eigenvalue weighted by atomic mass is 9.88. The zero-order valence-corrected chi connectivity index (χ0v) is 8.13. The van der Waals surface area contributed by atoms with Gasteiger partial charge in [-0.25, -0.2) is 0 Å². The molecule has 0 atom stereocenters. The van der Waals surface area contributed by atoms with E-state index in [0.29, 0.717) is 0 Å². The lowest BCUT2D eigenvalue weighted by Crippen LogP contribution is -2.39. The Balaban J connectivity index is 2.29. The molecule has 0 spiro atoms. The third kappa shape index (κ3) is 2.73. The van der Waals surface area contributed by atoms with Crippen molar-refractivity contribution in [1.82, 2.24) is 0 Å². The van der Waals surface area contributed by atoms with Crippen molar-refractivity contribution in [3.8, 4) is 0 Å². The molecule has 3 nitrogen and oxygen atoms in total. The molecular weight excluding hydrogens is 156 g/mol. The molecule has 0 aromatic heterocycles. The Hall–Kier alpha value is -0.120. The fraction of sp³-hybridized carbons (Fsp3) is 1.00. The summed E-state index contributed by atoms with van der Waals surface area (Å²) in [6, 6.07) is 0. The second-order valence-corrected chi connectivity index (χ2v) is 3.74. The Morgan fingerprint density at radius 2 is 2.00 bits per heavy atom. The van der Waals surface area contributed by atoms with E-state index in [1.54, 1.807) is 7.11 Å². The topological polar surface area (TPSA) is 27.7 Å². The molecule has 0 radical (unpaired) electrons. The molecule has 1 heterocycles. The van der Waals surface area contributed by atoms with Crippen LogP contribution in [0.2, 0.25) is 0 Å². The maximum atomic E-state index is 5.41. The van der Waals surface area contributed by atoms with Gasteiger partial charge < -0.3 is 14.2 Å². The van der Waals surface area contributed by atoms with Gasteiger partial charge in [0.15, 0.2) is 6.29 Å². The first-order valence-corrected chi connectivity index (χ1v) is 4.38. The molecular formula is C9H18O3. The Kier molecular flexibility index (Phi) is 3.50. The summed E-state index contributed by atoms with van der Waals surface area (Å²) in [6.07, 6.45) is 0.955. The van der Waals surface area contributed by atoms with Gasteiger partial charge in [0.05, 0.1) is 13.2 Å². The van der Waals surface area contributed by atoms with Gasteiger partial charge >= 0.3 is 0 Å². The van der Waals surface area contributed by atoms with Gasteiger partial charge in [-0.3, -0.25) is 0 Å². The second kappa shape index (κ2) is 4.21. The molecule has 0 saturated carbocycles. The van der Waals surface area contributed by atoms with Crippen molar-refractivity contribution in [2.24, 2.45) is 5.41 Å². The molecule has 72 valence electrons. The van der Waals surface area contributed by atoms with Crippen molar-refractivity contribution in [2.45, 2.75) is 26.6 Å². The van der Waals surface area contributed by atoms with Crippen LogP contribution in [0.15, 0.2) is 0 Å². The van der Waals surface area contributed by atoms with Crippen LogP contribution in [0.5, 0.6) is 0 Å². The standard InChI is InChI=1S/C9H18O3/c1-8-11-6-9(2,7-12-8)4-5-10-3/h8H,4-7H2,1-3H3. The van der Waals surface area contributed by atoms with Gasteiger partial charge in [0, 0.05) is 19.1 Å². The molecule has 0 aromatic carbocycles. The summed E-state index contributed by atoms with van der Waals surface area (Å²) >= 11 is 0. The molecule has 1 rings (SSSR count). The predicted molar refractivity (Wildman–Crippen MR) is 46.0 cm³/mol. The van der Waals surface area contributed by atoms with Crippen LogP contribution in [-0.2, 0) is 14.2 Å². The highest BCUT2D eigenvalue weighted by Crippen LogP contribution is 2.27. The van der Waals surface area contributed by atoms with Crippen LogP contribution in [0.4, 0.5) is 0 Å². The summed E-state index contributed by atoms with van der Waals surface area (Å²) < 4.78 is 15.9. The average Bonchev–Trinajstić information content (AvgIpc) is 2.08. The van der Waals surface area contributed by atoms with Crippen LogP contribution >= 0.6 is 0 Å². The molecule has 0 bridgehead atoms. The minimum atomic E-state index is -0.0411. The van der Waals surface area contributed by atoms with Gasteiger partial charge in [-0.05, 0) is 13.3 Å². The summed E-state index contributed by atoms with van der Waals surface area (Å²) in [6.45, 7) is 6.42. The Labute approximate surface area is 74.0 Å². The highest BCUT2D eigenvalue weighted by molar-refractivity contribution is 4.76. The number of hydrogen-bond acceptors (Lipinski definition) is 3. The van der Waals surface area contributed by atoms with E-state index < -0.39 is 0 Å². The molecule has 0 aromatic rings. The van der Waals surface area contributed by atoms with Crippen molar-refractivity contribution in [1.29, 1.82) is 0 Å². The van der Waals surface area contributed by atoms with Crippen molar-refractivity contribution in [3.63, 3.8) is 0 Å². The Morgan fingerprint density at radius 3 is 2.50 bits per heavy atom. The molecule has 0 aliphatic carbocycles. The highest BCUT2D eigenvalue weighted by atomic mass is 16.7. The minimum Gasteiger partial charge on any atom is -0.385 e. The maximum absolute atomic E-state index is 5.41. The molecule has 0 N–H and O–H groups in total. The number of methoxy groups -OCH3 is 1. The van der Waals surface area contributed by atoms with E-state index in [9.17, 15) is 0 Å². The highest BCUT2D eigenvalue weighted by Gasteiger charge is 2.30. The molecule has 1 fully saturated rings. The van der Waals surface area contributed by atoms with Crippen LogP contribution < -0.4 is 0 Å². The molecule has 1 aliphatic rings. The van der Waals surface area contributed by atoms with Gasteiger partial charge in [0.25, 0.3) is 0 Å².